The van der Waals surface area contributed by atoms with E-state index in [2.05, 4.69) is 24.4 Å². The van der Waals surface area contributed by atoms with E-state index < -0.39 is 61.5 Å². The molecule has 1 saturated heterocycles. The van der Waals surface area contributed by atoms with Gasteiger partial charge in [0.15, 0.2) is 6.29 Å². The lowest BCUT2D eigenvalue weighted by Crippen LogP contribution is -2.60. The van der Waals surface area contributed by atoms with Gasteiger partial charge in [-0.3, -0.25) is 4.79 Å². The van der Waals surface area contributed by atoms with Crippen molar-refractivity contribution in [2.75, 3.05) is 13.2 Å². The maximum atomic E-state index is 12.5. The smallest absolute Gasteiger partial charge is 0.249 e. The SMILES string of the molecule is C/C=C\C[C@@H](O)C(=O)N[C@@H](CO[C@@H]1OC(CO)[C@@H](O)[C@@H](O)C1O)[C@H](O)/C=C/CCCCC/C=C/CCCCCC. The molecule has 0 bridgehead atoms. The highest BCUT2D eigenvalue weighted by Crippen LogP contribution is 2.22. The van der Waals surface area contributed by atoms with Crippen molar-refractivity contribution in [1.29, 1.82) is 0 Å². The van der Waals surface area contributed by atoms with Crippen LogP contribution < -0.4 is 5.32 Å². The molecule has 40 heavy (non-hydrogen) atoms. The van der Waals surface area contributed by atoms with E-state index in [-0.39, 0.29) is 13.0 Å². The third-order valence-electron chi connectivity index (χ3n) is 6.89. The van der Waals surface area contributed by atoms with E-state index in [1.807, 2.05) is 6.08 Å². The Morgan fingerprint density at radius 2 is 1.52 bits per heavy atom. The molecule has 1 heterocycles. The molecule has 10 heteroatoms. The first-order valence-electron chi connectivity index (χ1n) is 14.8. The summed E-state index contributed by atoms with van der Waals surface area (Å²) in [6.45, 7) is 3.04. The maximum Gasteiger partial charge on any atom is 0.249 e. The zero-order valence-electron chi connectivity index (χ0n) is 24.2. The number of amides is 1. The zero-order valence-corrected chi connectivity index (χ0v) is 24.2. The molecule has 1 rings (SSSR count). The van der Waals surface area contributed by atoms with Gasteiger partial charge in [-0.1, -0.05) is 69.1 Å². The first-order valence-corrected chi connectivity index (χ1v) is 14.8. The van der Waals surface area contributed by atoms with Gasteiger partial charge < -0.3 is 45.4 Å². The van der Waals surface area contributed by atoms with Crippen LogP contribution in [0.3, 0.4) is 0 Å². The number of carbonyl (C=O) groups is 1. The molecule has 2 unspecified atom stereocenters. The van der Waals surface area contributed by atoms with Crippen molar-refractivity contribution in [2.45, 2.75) is 133 Å². The zero-order chi connectivity index (χ0) is 29.8. The molecule has 7 N–H and O–H groups in total. The second kappa shape index (κ2) is 22.0. The largest absolute Gasteiger partial charge is 0.394 e. The Bertz CT molecular complexity index is 743. The minimum atomic E-state index is -1.61. The van der Waals surface area contributed by atoms with E-state index in [1.54, 1.807) is 25.2 Å². The second-order valence-corrected chi connectivity index (χ2v) is 10.3. The number of hydrogen-bond acceptors (Lipinski definition) is 9. The minimum Gasteiger partial charge on any atom is -0.394 e. The van der Waals surface area contributed by atoms with Crippen LogP contribution in [0, 0.1) is 0 Å². The van der Waals surface area contributed by atoms with Gasteiger partial charge in [0.1, 0.15) is 30.5 Å². The Morgan fingerprint density at radius 1 is 0.900 bits per heavy atom. The molecule has 1 aliphatic heterocycles. The third-order valence-corrected chi connectivity index (χ3v) is 6.89. The number of ether oxygens (including phenoxy) is 2. The minimum absolute atomic E-state index is 0.0998. The average Bonchev–Trinajstić information content (AvgIpc) is 2.95. The van der Waals surface area contributed by atoms with Crippen molar-refractivity contribution in [3.8, 4) is 0 Å². The van der Waals surface area contributed by atoms with Gasteiger partial charge in [0, 0.05) is 6.42 Å². The topological polar surface area (TPSA) is 169 Å². The van der Waals surface area contributed by atoms with Crippen LogP contribution in [0.5, 0.6) is 0 Å². The predicted molar refractivity (Wildman–Crippen MR) is 153 cm³/mol. The van der Waals surface area contributed by atoms with Crippen molar-refractivity contribution < 1.29 is 44.9 Å². The quantitative estimate of drug-likeness (QED) is 0.0805. The maximum absolute atomic E-state index is 12.5. The Hall–Kier alpha value is -1.63. The van der Waals surface area contributed by atoms with E-state index in [0.717, 1.165) is 38.5 Å². The summed E-state index contributed by atoms with van der Waals surface area (Å²) in [4.78, 5) is 12.5. The van der Waals surface area contributed by atoms with Crippen LogP contribution in [0.1, 0.15) is 84.5 Å². The molecule has 0 aliphatic carbocycles. The van der Waals surface area contributed by atoms with E-state index in [0.29, 0.717) is 0 Å². The summed E-state index contributed by atoms with van der Waals surface area (Å²) >= 11 is 0. The lowest BCUT2D eigenvalue weighted by Gasteiger charge is -2.40. The van der Waals surface area contributed by atoms with Crippen LogP contribution in [0.15, 0.2) is 36.5 Å². The van der Waals surface area contributed by atoms with E-state index in [4.69, 9.17) is 9.47 Å². The van der Waals surface area contributed by atoms with Crippen LogP contribution in [0.2, 0.25) is 0 Å². The van der Waals surface area contributed by atoms with Crippen LogP contribution >= 0.6 is 0 Å². The standard InChI is InChI=1S/C30H53NO9/c1-3-5-7-8-9-10-11-12-13-14-15-16-17-19-23(33)22(31-29(38)24(34)18-6-4-2)21-39-30-28(37)27(36)26(35)25(20-32)40-30/h4,6,10-11,17,19,22-28,30,32-37H,3,5,7-9,12-16,18,20-21H2,1-2H3,(H,31,38)/b6-4-,11-10+,19-17+/t22-,23+,24+,25?,26+,27+,28?,30+/m0/s1. The first kappa shape index (κ1) is 36.4. The summed E-state index contributed by atoms with van der Waals surface area (Å²) < 4.78 is 10.9. The molecular formula is C30H53NO9. The molecular weight excluding hydrogens is 518 g/mol. The molecule has 232 valence electrons. The van der Waals surface area contributed by atoms with Gasteiger partial charge >= 0.3 is 0 Å². The van der Waals surface area contributed by atoms with Crippen molar-refractivity contribution in [1.82, 2.24) is 5.32 Å². The Balaban J connectivity index is 2.59. The highest BCUT2D eigenvalue weighted by molar-refractivity contribution is 5.81. The number of aliphatic hydroxyl groups excluding tert-OH is 6. The fraction of sp³-hybridized carbons (Fsp3) is 0.767. The Labute approximate surface area is 239 Å². The van der Waals surface area contributed by atoms with Crippen LogP contribution in [-0.2, 0) is 14.3 Å². The molecule has 0 radical (unpaired) electrons. The van der Waals surface area contributed by atoms with E-state index >= 15 is 0 Å². The fourth-order valence-corrected chi connectivity index (χ4v) is 4.28. The van der Waals surface area contributed by atoms with Gasteiger partial charge in [-0.05, 0) is 45.4 Å². The Kier molecular flexibility index (Phi) is 20.0. The van der Waals surface area contributed by atoms with Crippen LogP contribution in [0.4, 0.5) is 0 Å². The van der Waals surface area contributed by atoms with Gasteiger partial charge in [0.05, 0.1) is 25.4 Å². The molecule has 8 atom stereocenters. The lowest BCUT2D eigenvalue weighted by atomic mass is 9.99. The molecule has 10 nitrogen and oxygen atoms in total. The summed E-state index contributed by atoms with van der Waals surface area (Å²) in [7, 11) is 0. The van der Waals surface area contributed by atoms with Crippen molar-refractivity contribution in [3.05, 3.63) is 36.5 Å². The molecule has 0 aromatic rings. The second-order valence-electron chi connectivity index (χ2n) is 10.3. The van der Waals surface area contributed by atoms with Crippen molar-refractivity contribution >= 4 is 5.91 Å². The van der Waals surface area contributed by atoms with Gasteiger partial charge in [-0.25, -0.2) is 0 Å². The van der Waals surface area contributed by atoms with Crippen molar-refractivity contribution in [3.63, 3.8) is 0 Å². The van der Waals surface area contributed by atoms with Crippen LogP contribution in [0.25, 0.3) is 0 Å². The van der Waals surface area contributed by atoms with Gasteiger partial charge in [-0.15, -0.1) is 0 Å². The highest BCUT2D eigenvalue weighted by atomic mass is 16.7. The van der Waals surface area contributed by atoms with Crippen LogP contribution in [-0.4, -0.2) is 98.7 Å². The molecule has 1 fully saturated rings. The molecule has 0 aromatic carbocycles. The molecule has 0 aromatic heterocycles. The van der Waals surface area contributed by atoms with Gasteiger partial charge in [0.2, 0.25) is 5.91 Å². The summed E-state index contributed by atoms with van der Waals surface area (Å²) in [5, 5.41) is 63.0. The summed E-state index contributed by atoms with van der Waals surface area (Å²) in [6.07, 6.45) is 12.7. The number of hydrogen-bond donors (Lipinski definition) is 7. The highest BCUT2D eigenvalue weighted by Gasteiger charge is 2.44. The summed E-state index contributed by atoms with van der Waals surface area (Å²) in [6, 6.07) is -1.00. The number of rotatable bonds is 21. The molecule has 1 aliphatic rings. The van der Waals surface area contributed by atoms with Gasteiger partial charge in [0.25, 0.3) is 0 Å². The summed E-state index contributed by atoms with van der Waals surface area (Å²) in [5.74, 6) is -0.702. The molecule has 1 amide bonds. The number of allylic oxidation sites excluding steroid dienone is 4. The monoisotopic (exact) mass is 571 g/mol. The third kappa shape index (κ3) is 14.3. The molecule has 0 spiro atoms. The normalized spacial score (nSPS) is 26.1. The van der Waals surface area contributed by atoms with Gasteiger partial charge in [-0.2, -0.15) is 0 Å². The number of aliphatic hydroxyl groups is 6. The summed E-state index contributed by atoms with van der Waals surface area (Å²) in [5.41, 5.74) is 0. The van der Waals surface area contributed by atoms with E-state index in [1.165, 1.54) is 25.7 Å². The molecule has 0 saturated carbocycles. The van der Waals surface area contributed by atoms with Crippen molar-refractivity contribution in [2.24, 2.45) is 0 Å². The predicted octanol–water partition coefficient (Wildman–Crippen LogP) is 2.01. The Morgan fingerprint density at radius 3 is 2.12 bits per heavy atom. The number of nitrogens with one attached hydrogen (secondary N) is 1. The lowest BCUT2D eigenvalue weighted by molar-refractivity contribution is -0.302. The number of unbranched alkanes of at least 4 members (excludes halogenated alkanes) is 8. The first-order chi connectivity index (χ1) is 19.3. The fourth-order valence-electron chi connectivity index (χ4n) is 4.28. The van der Waals surface area contributed by atoms with E-state index in [9.17, 15) is 35.4 Å². The number of carbonyl (C=O) groups excluding carboxylic acids is 1. The average molecular weight is 572 g/mol.